The Morgan fingerprint density at radius 1 is 1.38 bits per heavy atom. The van der Waals surface area contributed by atoms with Gasteiger partial charge in [0.05, 0.1) is 0 Å². The van der Waals surface area contributed by atoms with Crippen molar-refractivity contribution in [1.29, 1.82) is 0 Å². The summed E-state index contributed by atoms with van der Waals surface area (Å²) >= 11 is 3.41. The van der Waals surface area contributed by atoms with Gasteiger partial charge in [-0.1, -0.05) is 28.1 Å². The molecule has 0 saturated heterocycles. The van der Waals surface area contributed by atoms with Crippen LogP contribution in [0.3, 0.4) is 0 Å². The smallest absolute Gasteiger partial charge is 0.225 e. The van der Waals surface area contributed by atoms with Crippen LogP contribution in [0.1, 0.15) is 25.3 Å². The van der Waals surface area contributed by atoms with Crippen molar-refractivity contribution < 1.29 is 4.79 Å². The topological polar surface area (TPSA) is 20.3 Å². The number of carbonyl (C=O) groups is 1. The lowest BCUT2D eigenvalue weighted by atomic mass is 10.2. The minimum Gasteiger partial charge on any atom is -0.338 e. The molecule has 3 heteroatoms. The highest BCUT2D eigenvalue weighted by atomic mass is 79.9. The predicted octanol–water partition coefficient (Wildman–Crippen LogP) is 3.21. The van der Waals surface area contributed by atoms with Gasteiger partial charge in [0.25, 0.3) is 0 Å². The van der Waals surface area contributed by atoms with Crippen molar-refractivity contribution in [3.05, 3.63) is 34.3 Å². The van der Waals surface area contributed by atoms with Gasteiger partial charge in [-0.25, -0.2) is 0 Å². The third-order valence-electron chi connectivity index (χ3n) is 2.91. The van der Waals surface area contributed by atoms with E-state index in [4.69, 9.17) is 0 Å². The second kappa shape index (κ2) is 5.00. The molecule has 1 fully saturated rings. The summed E-state index contributed by atoms with van der Waals surface area (Å²) in [6.45, 7) is 3.57. The molecule has 1 amide bonds. The molecule has 86 valence electrons. The zero-order chi connectivity index (χ0) is 11.5. The molecule has 2 rings (SSSR count). The molecule has 16 heavy (non-hydrogen) atoms. The summed E-state index contributed by atoms with van der Waals surface area (Å²) in [5.41, 5.74) is 1.19. The number of carbonyl (C=O) groups excluding carboxylic acids is 1. The maximum Gasteiger partial charge on any atom is 0.225 e. The average molecular weight is 282 g/mol. The van der Waals surface area contributed by atoms with E-state index in [0.717, 1.165) is 30.4 Å². The highest BCUT2D eigenvalue weighted by Crippen LogP contribution is 2.31. The molecule has 0 spiro atoms. The normalized spacial score (nSPS) is 14.9. The molecule has 0 heterocycles. The highest BCUT2D eigenvalue weighted by molar-refractivity contribution is 9.10. The molecular formula is C13H16BrNO. The van der Waals surface area contributed by atoms with E-state index in [1.165, 1.54) is 5.56 Å². The highest BCUT2D eigenvalue weighted by Gasteiger charge is 2.32. The van der Waals surface area contributed by atoms with E-state index in [0.29, 0.717) is 11.8 Å². The molecule has 0 aromatic heterocycles. The van der Waals surface area contributed by atoms with E-state index in [9.17, 15) is 4.79 Å². The number of rotatable bonds is 4. The number of benzene rings is 1. The van der Waals surface area contributed by atoms with Crippen LogP contribution in [0.5, 0.6) is 0 Å². The van der Waals surface area contributed by atoms with Crippen molar-refractivity contribution in [3.8, 4) is 0 Å². The fourth-order valence-electron chi connectivity index (χ4n) is 1.74. The van der Waals surface area contributed by atoms with Crippen LogP contribution in [0.25, 0.3) is 0 Å². The molecule has 1 aliphatic carbocycles. The molecule has 0 aliphatic heterocycles. The molecule has 0 N–H and O–H groups in total. The van der Waals surface area contributed by atoms with Gasteiger partial charge in [0.15, 0.2) is 0 Å². The Balaban J connectivity index is 2.00. The van der Waals surface area contributed by atoms with Gasteiger partial charge in [-0.3, -0.25) is 4.79 Å². The Morgan fingerprint density at radius 3 is 2.50 bits per heavy atom. The lowest BCUT2D eigenvalue weighted by Gasteiger charge is -2.20. The molecule has 1 aromatic carbocycles. The number of halogens is 1. The number of hydrogen-bond acceptors (Lipinski definition) is 1. The van der Waals surface area contributed by atoms with E-state index in [1.807, 2.05) is 24.0 Å². The van der Waals surface area contributed by atoms with Crippen LogP contribution < -0.4 is 0 Å². The monoisotopic (exact) mass is 281 g/mol. The molecule has 0 radical (unpaired) electrons. The van der Waals surface area contributed by atoms with Crippen LogP contribution in [-0.4, -0.2) is 17.4 Å². The largest absolute Gasteiger partial charge is 0.338 e. The maximum atomic E-state index is 11.9. The van der Waals surface area contributed by atoms with Gasteiger partial charge < -0.3 is 4.90 Å². The van der Waals surface area contributed by atoms with E-state index >= 15 is 0 Å². The summed E-state index contributed by atoms with van der Waals surface area (Å²) in [5, 5.41) is 0. The number of nitrogens with zero attached hydrogens (tertiary/aromatic N) is 1. The molecule has 0 bridgehead atoms. The van der Waals surface area contributed by atoms with E-state index in [-0.39, 0.29) is 0 Å². The lowest BCUT2D eigenvalue weighted by Crippen LogP contribution is -2.31. The summed E-state index contributed by atoms with van der Waals surface area (Å²) in [6.07, 6.45) is 2.16. The van der Waals surface area contributed by atoms with E-state index in [1.54, 1.807) is 0 Å². The first-order valence-corrected chi connectivity index (χ1v) is 6.53. The fraction of sp³-hybridized carbons (Fsp3) is 0.462. The minimum atomic E-state index is 0.315. The zero-order valence-corrected chi connectivity index (χ0v) is 11.0. The third-order valence-corrected chi connectivity index (χ3v) is 3.44. The first-order chi connectivity index (χ1) is 7.70. The zero-order valence-electron chi connectivity index (χ0n) is 9.45. The van der Waals surface area contributed by atoms with Gasteiger partial charge in [0.2, 0.25) is 5.91 Å². The molecule has 0 atom stereocenters. The second-order valence-electron chi connectivity index (χ2n) is 4.25. The Labute approximate surface area is 105 Å². The van der Waals surface area contributed by atoms with Crippen molar-refractivity contribution in [2.45, 2.75) is 26.3 Å². The van der Waals surface area contributed by atoms with Crippen LogP contribution in [-0.2, 0) is 11.3 Å². The number of hydrogen-bond donors (Lipinski definition) is 0. The van der Waals surface area contributed by atoms with E-state index < -0.39 is 0 Å². The Kier molecular flexibility index (Phi) is 3.64. The summed E-state index contributed by atoms with van der Waals surface area (Å²) in [4.78, 5) is 13.9. The van der Waals surface area contributed by atoms with Crippen molar-refractivity contribution in [3.63, 3.8) is 0 Å². The molecular weight excluding hydrogens is 266 g/mol. The van der Waals surface area contributed by atoms with Crippen LogP contribution in [0.15, 0.2) is 28.7 Å². The Bertz CT molecular complexity index is 370. The second-order valence-corrected chi connectivity index (χ2v) is 5.17. The predicted molar refractivity (Wildman–Crippen MR) is 68.0 cm³/mol. The molecule has 0 unspecified atom stereocenters. The van der Waals surface area contributed by atoms with Gasteiger partial charge in [-0.05, 0) is 37.5 Å². The summed E-state index contributed by atoms with van der Waals surface area (Å²) in [7, 11) is 0. The SMILES string of the molecule is CCN(Cc1ccc(Br)cc1)C(=O)C1CC1. The molecule has 1 saturated carbocycles. The van der Waals surface area contributed by atoms with Crippen molar-refractivity contribution >= 4 is 21.8 Å². The van der Waals surface area contributed by atoms with Crippen molar-refractivity contribution in [2.75, 3.05) is 6.54 Å². The van der Waals surface area contributed by atoms with Crippen molar-refractivity contribution in [1.82, 2.24) is 4.90 Å². The molecule has 1 aromatic rings. The molecule has 1 aliphatic rings. The summed E-state index contributed by atoms with van der Waals surface area (Å²) in [5.74, 6) is 0.640. The Morgan fingerprint density at radius 2 is 2.00 bits per heavy atom. The van der Waals surface area contributed by atoms with Gasteiger partial charge in [-0.2, -0.15) is 0 Å². The first-order valence-electron chi connectivity index (χ1n) is 5.74. The third kappa shape index (κ3) is 2.85. The lowest BCUT2D eigenvalue weighted by molar-refractivity contribution is -0.132. The van der Waals surface area contributed by atoms with Gasteiger partial charge in [0.1, 0.15) is 0 Å². The minimum absolute atomic E-state index is 0.315. The first kappa shape index (κ1) is 11.6. The maximum absolute atomic E-state index is 11.9. The van der Waals surface area contributed by atoms with Crippen LogP contribution >= 0.6 is 15.9 Å². The van der Waals surface area contributed by atoms with E-state index in [2.05, 4.69) is 28.1 Å². The van der Waals surface area contributed by atoms with Gasteiger partial charge in [-0.15, -0.1) is 0 Å². The Hall–Kier alpha value is -0.830. The molecule has 2 nitrogen and oxygen atoms in total. The van der Waals surface area contributed by atoms with Crippen LogP contribution in [0.2, 0.25) is 0 Å². The fourth-order valence-corrected chi connectivity index (χ4v) is 2.01. The van der Waals surface area contributed by atoms with Crippen LogP contribution in [0.4, 0.5) is 0 Å². The standard InChI is InChI=1S/C13H16BrNO/c1-2-15(13(16)11-5-6-11)9-10-3-7-12(14)8-4-10/h3-4,7-8,11H,2,5-6,9H2,1H3. The van der Waals surface area contributed by atoms with Crippen molar-refractivity contribution in [2.24, 2.45) is 5.92 Å². The van der Waals surface area contributed by atoms with Crippen LogP contribution in [0, 0.1) is 5.92 Å². The summed E-state index contributed by atoms with van der Waals surface area (Å²) < 4.78 is 1.08. The average Bonchev–Trinajstić information content (AvgIpc) is 3.11. The van der Waals surface area contributed by atoms with Gasteiger partial charge >= 0.3 is 0 Å². The quantitative estimate of drug-likeness (QED) is 0.830. The van der Waals surface area contributed by atoms with Gasteiger partial charge in [0, 0.05) is 23.5 Å². The summed E-state index contributed by atoms with van der Waals surface area (Å²) in [6, 6.07) is 8.16. The number of amides is 1.